The van der Waals surface area contributed by atoms with Crippen LogP contribution in [0.15, 0.2) is 48.7 Å². The molecule has 4 aromatic rings. The summed E-state index contributed by atoms with van der Waals surface area (Å²) < 4.78 is 20.6. The summed E-state index contributed by atoms with van der Waals surface area (Å²) in [5.41, 5.74) is 3.35. The number of nitrogens with zero attached hydrogens (tertiary/aromatic N) is 2. The van der Waals surface area contributed by atoms with E-state index in [0.717, 1.165) is 33.7 Å². The number of ether oxygens (including phenoxy) is 1. The highest BCUT2D eigenvalue weighted by molar-refractivity contribution is 7.99. The summed E-state index contributed by atoms with van der Waals surface area (Å²) >= 11 is 1.75. The average molecular weight is 482 g/mol. The van der Waals surface area contributed by atoms with Gasteiger partial charge in [-0.05, 0) is 44.2 Å². The maximum Gasteiger partial charge on any atom is 0.452 e. The summed E-state index contributed by atoms with van der Waals surface area (Å²) in [6, 6.07) is 12.7. The van der Waals surface area contributed by atoms with Crippen molar-refractivity contribution in [1.82, 2.24) is 14.9 Å². The second-order valence-corrected chi connectivity index (χ2v) is 9.36. The molecule has 1 aliphatic rings. The van der Waals surface area contributed by atoms with E-state index in [2.05, 4.69) is 16.0 Å². The molecule has 0 radical (unpaired) electrons. The molecule has 1 saturated heterocycles. The molecular weight excluding hydrogens is 457 g/mol. The second kappa shape index (κ2) is 9.42. The Morgan fingerprint density at radius 3 is 3.00 bits per heavy atom. The van der Waals surface area contributed by atoms with Gasteiger partial charge in [0.1, 0.15) is 5.75 Å². The van der Waals surface area contributed by atoms with E-state index in [1.165, 1.54) is 6.07 Å². The molecule has 1 amide bonds. The van der Waals surface area contributed by atoms with E-state index in [-0.39, 0.29) is 11.0 Å². The van der Waals surface area contributed by atoms with Crippen LogP contribution in [0.4, 0.5) is 9.18 Å². The molecule has 34 heavy (non-hydrogen) atoms. The first-order chi connectivity index (χ1) is 16.5. The van der Waals surface area contributed by atoms with Crippen molar-refractivity contribution in [3.63, 3.8) is 0 Å². The molecule has 1 N–H and O–H groups in total. The van der Waals surface area contributed by atoms with Crippen LogP contribution in [0.1, 0.15) is 23.4 Å². The van der Waals surface area contributed by atoms with Crippen molar-refractivity contribution >= 4 is 39.7 Å². The molecule has 1 atom stereocenters. The smallest absolute Gasteiger partial charge is 0.452 e. The van der Waals surface area contributed by atoms with Crippen LogP contribution in [0.5, 0.6) is 11.5 Å². The molecule has 1 unspecified atom stereocenters. The largest absolute Gasteiger partial charge is 0.493 e. The number of hydrogen-bond donors (Lipinski definition) is 1. The number of rotatable bonds is 5. The first kappa shape index (κ1) is 22.3. The fourth-order valence-electron chi connectivity index (χ4n) is 4.14. The lowest BCUT2D eigenvalue weighted by molar-refractivity contribution is -0.155. The zero-order valence-electron chi connectivity index (χ0n) is 18.8. The number of carbonyl (C=O) groups excluding carboxylic acids is 1. The van der Waals surface area contributed by atoms with E-state index in [9.17, 15) is 9.18 Å². The molecule has 2 aromatic heterocycles. The summed E-state index contributed by atoms with van der Waals surface area (Å²) in [6.07, 6.45) is 1.10. The highest BCUT2D eigenvalue weighted by Crippen LogP contribution is 2.40. The van der Waals surface area contributed by atoms with Crippen molar-refractivity contribution in [2.75, 3.05) is 25.4 Å². The van der Waals surface area contributed by atoms with Gasteiger partial charge in [0, 0.05) is 58.7 Å². The monoisotopic (exact) mass is 481 g/mol. The van der Waals surface area contributed by atoms with Crippen LogP contribution in [0.3, 0.4) is 0 Å². The summed E-state index contributed by atoms with van der Waals surface area (Å²) in [4.78, 5) is 31.9. The molecule has 0 bridgehead atoms. The number of nitrogens with one attached hydrogen (secondary N) is 1. The minimum Gasteiger partial charge on any atom is -0.493 e. The van der Waals surface area contributed by atoms with E-state index in [0.29, 0.717) is 30.6 Å². The highest BCUT2D eigenvalue weighted by atomic mass is 32.2. The molecule has 2 aromatic carbocycles. The van der Waals surface area contributed by atoms with Crippen LogP contribution in [0.2, 0.25) is 0 Å². The molecule has 1 fully saturated rings. The van der Waals surface area contributed by atoms with Gasteiger partial charge in [-0.3, -0.25) is 9.87 Å². The predicted octanol–water partition coefficient (Wildman–Crippen LogP) is 5.78. The third-order valence-corrected chi connectivity index (χ3v) is 6.97. The number of aryl methyl sites for hydroxylation is 1. The van der Waals surface area contributed by atoms with Crippen molar-refractivity contribution in [2.24, 2.45) is 0 Å². The molecule has 176 valence electrons. The van der Waals surface area contributed by atoms with Gasteiger partial charge in [0.2, 0.25) is 5.75 Å². The highest BCUT2D eigenvalue weighted by Gasteiger charge is 2.29. The van der Waals surface area contributed by atoms with E-state index < -0.39 is 11.9 Å². The van der Waals surface area contributed by atoms with Gasteiger partial charge in [0.05, 0.1) is 17.4 Å². The van der Waals surface area contributed by atoms with Gasteiger partial charge in [-0.25, -0.2) is 14.1 Å². The molecule has 5 rings (SSSR count). The third-order valence-electron chi connectivity index (χ3n) is 5.75. The van der Waals surface area contributed by atoms with Crippen molar-refractivity contribution in [1.29, 1.82) is 0 Å². The van der Waals surface area contributed by atoms with E-state index >= 15 is 0 Å². The van der Waals surface area contributed by atoms with Crippen LogP contribution in [0.25, 0.3) is 21.8 Å². The SMILES string of the molecule is CCOc1cc2ncccc2cc1C1CN(C(=O)OOc2ccc3[nH]c(C)cc3c2F)CCS1. The fraction of sp³-hybridized carbons (Fsp3) is 0.280. The zero-order chi connectivity index (χ0) is 23.7. The zero-order valence-corrected chi connectivity index (χ0v) is 19.7. The van der Waals surface area contributed by atoms with Crippen molar-refractivity contribution < 1.29 is 23.7 Å². The molecule has 0 aliphatic carbocycles. The summed E-state index contributed by atoms with van der Waals surface area (Å²) in [5, 5.41) is 1.38. The Bertz CT molecular complexity index is 1360. The van der Waals surface area contributed by atoms with Crippen LogP contribution in [-0.2, 0) is 4.89 Å². The quantitative estimate of drug-likeness (QED) is 0.288. The average Bonchev–Trinajstić information content (AvgIpc) is 3.24. The molecule has 3 heterocycles. The molecular formula is C25H24FN3O4S. The number of aromatic nitrogens is 2. The van der Waals surface area contributed by atoms with Crippen LogP contribution < -0.4 is 9.62 Å². The van der Waals surface area contributed by atoms with Crippen molar-refractivity contribution in [3.05, 3.63) is 65.7 Å². The predicted molar refractivity (Wildman–Crippen MR) is 130 cm³/mol. The van der Waals surface area contributed by atoms with Crippen molar-refractivity contribution in [3.8, 4) is 11.5 Å². The number of amides is 1. The minimum atomic E-state index is -0.657. The number of halogens is 1. The number of carbonyl (C=O) groups is 1. The maximum atomic E-state index is 14.7. The van der Waals surface area contributed by atoms with Gasteiger partial charge >= 0.3 is 6.09 Å². The molecule has 0 saturated carbocycles. The number of pyridine rings is 1. The number of hydrogen-bond acceptors (Lipinski definition) is 6. The van der Waals surface area contributed by atoms with Gasteiger partial charge < -0.3 is 14.6 Å². The molecule has 0 spiro atoms. The Morgan fingerprint density at radius 1 is 1.26 bits per heavy atom. The van der Waals surface area contributed by atoms with Gasteiger partial charge in [-0.1, -0.05) is 6.07 Å². The Morgan fingerprint density at radius 2 is 2.15 bits per heavy atom. The van der Waals surface area contributed by atoms with Crippen LogP contribution in [0, 0.1) is 12.7 Å². The van der Waals surface area contributed by atoms with Gasteiger partial charge in [-0.2, -0.15) is 0 Å². The second-order valence-electron chi connectivity index (χ2n) is 8.05. The lowest BCUT2D eigenvalue weighted by atomic mass is 10.1. The normalized spacial score (nSPS) is 16.1. The van der Waals surface area contributed by atoms with Crippen LogP contribution in [-0.4, -0.2) is 46.4 Å². The van der Waals surface area contributed by atoms with Crippen LogP contribution >= 0.6 is 11.8 Å². The number of fused-ring (bicyclic) bond motifs is 2. The van der Waals surface area contributed by atoms with E-state index in [1.54, 1.807) is 35.0 Å². The Labute approximate surface area is 200 Å². The lowest BCUT2D eigenvalue weighted by Crippen LogP contribution is -2.40. The summed E-state index contributed by atoms with van der Waals surface area (Å²) in [6.45, 7) is 5.22. The lowest BCUT2D eigenvalue weighted by Gasteiger charge is -2.32. The Kier molecular flexibility index (Phi) is 6.19. The molecule has 1 aliphatic heterocycles. The summed E-state index contributed by atoms with van der Waals surface area (Å²) in [5.74, 6) is 0.769. The van der Waals surface area contributed by atoms with E-state index in [1.807, 2.05) is 32.0 Å². The first-order valence-corrected chi connectivity index (χ1v) is 12.1. The van der Waals surface area contributed by atoms with Crippen molar-refractivity contribution in [2.45, 2.75) is 19.1 Å². The van der Waals surface area contributed by atoms with Gasteiger partial charge in [-0.15, -0.1) is 11.8 Å². The standard InChI is InChI=1S/C25H24FN3O4S/c1-3-31-22-13-20-16(5-4-8-27-20)12-18(22)23-14-29(9-10-34-23)25(30)33-32-21-7-6-19-17(24(21)26)11-15(2)28-19/h4-8,11-13,23,28H,3,9-10,14H2,1-2H3. The third kappa shape index (κ3) is 4.35. The number of thioether (sulfide) groups is 1. The number of H-pyrrole nitrogens is 1. The maximum absolute atomic E-state index is 14.7. The van der Waals surface area contributed by atoms with E-state index in [4.69, 9.17) is 14.5 Å². The number of benzene rings is 2. The first-order valence-electron chi connectivity index (χ1n) is 11.1. The minimum absolute atomic E-state index is 0.0108. The Hall–Kier alpha value is -3.46. The molecule has 7 nitrogen and oxygen atoms in total. The summed E-state index contributed by atoms with van der Waals surface area (Å²) in [7, 11) is 0. The Balaban J connectivity index is 1.31. The fourth-order valence-corrected chi connectivity index (χ4v) is 5.40. The topological polar surface area (TPSA) is 76.7 Å². The van der Waals surface area contributed by atoms with Gasteiger partial charge in [0.15, 0.2) is 5.82 Å². The number of aromatic amines is 1. The van der Waals surface area contributed by atoms with Gasteiger partial charge in [0.25, 0.3) is 0 Å². The molecule has 9 heteroatoms.